The molecule has 0 spiro atoms. The predicted molar refractivity (Wildman–Crippen MR) is 128 cm³/mol. The largest absolute Gasteiger partial charge is 0.485 e. The summed E-state index contributed by atoms with van der Waals surface area (Å²) in [6.07, 6.45) is 1.79. The quantitative estimate of drug-likeness (QED) is 0.317. The van der Waals surface area contributed by atoms with Gasteiger partial charge in [0.05, 0.1) is 6.54 Å². The highest BCUT2D eigenvalue weighted by Gasteiger charge is 2.14. The lowest BCUT2D eigenvalue weighted by atomic mass is 10.1. The second kappa shape index (κ2) is 9.22. The maximum absolute atomic E-state index is 12.6. The van der Waals surface area contributed by atoms with Crippen LogP contribution in [0.4, 0.5) is 5.82 Å². The van der Waals surface area contributed by atoms with Crippen LogP contribution in [0.3, 0.4) is 0 Å². The van der Waals surface area contributed by atoms with E-state index in [1.165, 1.54) is 0 Å². The SMILES string of the molecule is O=C(Nc1ccn(Cc2cccc(Cl)c2)n1)c1ccc(COc2cccc3ccccc23)o1. The lowest BCUT2D eigenvalue weighted by molar-refractivity contribution is 0.0992. The summed E-state index contributed by atoms with van der Waals surface area (Å²) >= 11 is 6.03. The molecule has 33 heavy (non-hydrogen) atoms. The molecule has 2 heterocycles. The zero-order valence-electron chi connectivity index (χ0n) is 17.6. The highest BCUT2D eigenvalue weighted by molar-refractivity contribution is 6.30. The van der Waals surface area contributed by atoms with Gasteiger partial charge in [-0.3, -0.25) is 9.48 Å². The van der Waals surface area contributed by atoms with Gasteiger partial charge >= 0.3 is 0 Å². The third kappa shape index (κ3) is 4.91. The molecule has 0 unspecified atom stereocenters. The third-order valence-electron chi connectivity index (χ3n) is 5.12. The minimum Gasteiger partial charge on any atom is -0.485 e. The molecule has 0 bridgehead atoms. The van der Waals surface area contributed by atoms with Crippen LogP contribution in [0.5, 0.6) is 5.75 Å². The van der Waals surface area contributed by atoms with E-state index in [-0.39, 0.29) is 18.3 Å². The van der Waals surface area contributed by atoms with Gasteiger partial charge in [-0.2, -0.15) is 5.10 Å². The van der Waals surface area contributed by atoms with E-state index in [1.807, 2.05) is 66.7 Å². The average molecular weight is 458 g/mol. The van der Waals surface area contributed by atoms with Gasteiger partial charge in [0.15, 0.2) is 11.6 Å². The van der Waals surface area contributed by atoms with Crippen molar-refractivity contribution in [3.8, 4) is 5.75 Å². The molecule has 0 saturated carbocycles. The molecule has 0 saturated heterocycles. The van der Waals surface area contributed by atoms with Gasteiger partial charge in [-0.25, -0.2) is 0 Å². The van der Waals surface area contributed by atoms with Gasteiger partial charge in [-0.1, -0.05) is 60.1 Å². The van der Waals surface area contributed by atoms with Gasteiger partial charge in [-0.05, 0) is 41.3 Å². The molecule has 6 nitrogen and oxygen atoms in total. The van der Waals surface area contributed by atoms with Gasteiger partial charge in [-0.15, -0.1) is 0 Å². The first kappa shape index (κ1) is 20.8. The zero-order valence-corrected chi connectivity index (χ0v) is 18.3. The van der Waals surface area contributed by atoms with Crippen LogP contribution >= 0.6 is 11.6 Å². The molecule has 1 amide bonds. The summed E-state index contributed by atoms with van der Waals surface area (Å²) < 4.78 is 13.3. The molecule has 0 aliphatic carbocycles. The predicted octanol–water partition coefficient (Wildman–Crippen LogP) is 6.16. The number of nitrogens with zero attached hydrogens (tertiary/aromatic N) is 2. The zero-order chi connectivity index (χ0) is 22.6. The highest BCUT2D eigenvalue weighted by Crippen LogP contribution is 2.26. The number of benzene rings is 3. The molecule has 164 valence electrons. The third-order valence-corrected chi connectivity index (χ3v) is 5.36. The van der Waals surface area contributed by atoms with Crippen LogP contribution in [0.1, 0.15) is 21.9 Å². The topological polar surface area (TPSA) is 69.3 Å². The number of amides is 1. The number of nitrogens with one attached hydrogen (secondary N) is 1. The number of ether oxygens (including phenoxy) is 1. The summed E-state index contributed by atoms with van der Waals surface area (Å²) in [5, 5.41) is 9.94. The second-order valence-electron chi connectivity index (χ2n) is 7.51. The van der Waals surface area contributed by atoms with Crippen molar-refractivity contribution >= 4 is 34.1 Å². The number of halogens is 1. The highest BCUT2D eigenvalue weighted by atomic mass is 35.5. The molecule has 0 atom stereocenters. The van der Waals surface area contributed by atoms with Crippen LogP contribution in [0.15, 0.2) is 95.5 Å². The summed E-state index contributed by atoms with van der Waals surface area (Å²) in [6, 6.07) is 26.6. The number of rotatable bonds is 7. The fourth-order valence-electron chi connectivity index (χ4n) is 3.56. The first-order chi connectivity index (χ1) is 16.1. The molecule has 0 fully saturated rings. The second-order valence-corrected chi connectivity index (χ2v) is 7.95. The Morgan fingerprint density at radius 3 is 2.76 bits per heavy atom. The van der Waals surface area contributed by atoms with E-state index in [0.717, 1.165) is 22.1 Å². The first-order valence-electron chi connectivity index (χ1n) is 10.4. The van der Waals surface area contributed by atoms with Crippen molar-refractivity contribution in [2.24, 2.45) is 0 Å². The number of carbonyl (C=O) groups excluding carboxylic acids is 1. The van der Waals surface area contributed by atoms with E-state index in [9.17, 15) is 4.79 Å². The number of hydrogen-bond acceptors (Lipinski definition) is 4. The molecular formula is C26H20ClN3O3. The smallest absolute Gasteiger partial charge is 0.292 e. The number of aromatic nitrogens is 2. The maximum atomic E-state index is 12.6. The van der Waals surface area contributed by atoms with Crippen LogP contribution in [-0.2, 0) is 13.2 Å². The number of furan rings is 1. The molecule has 0 aliphatic heterocycles. The van der Waals surface area contributed by atoms with E-state index in [1.54, 1.807) is 29.1 Å². The van der Waals surface area contributed by atoms with Crippen molar-refractivity contribution in [1.29, 1.82) is 0 Å². The molecule has 7 heteroatoms. The van der Waals surface area contributed by atoms with E-state index < -0.39 is 0 Å². The number of fused-ring (bicyclic) bond motifs is 1. The lowest BCUT2D eigenvalue weighted by Crippen LogP contribution is -2.12. The standard InChI is InChI=1S/C26H20ClN3O3/c27-20-8-3-5-18(15-20)16-30-14-13-25(29-30)28-26(31)24-12-11-21(33-24)17-32-23-10-4-7-19-6-1-2-9-22(19)23/h1-15H,16-17H2,(H,28,29,31). The maximum Gasteiger partial charge on any atom is 0.292 e. The summed E-state index contributed by atoms with van der Waals surface area (Å²) in [5.74, 6) is 1.57. The summed E-state index contributed by atoms with van der Waals surface area (Å²) in [4.78, 5) is 12.6. The van der Waals surface area contributed by atoms with Gasteiger partial charge in [0, 0.05) is 22.7 Å². The Hall–Kier alpha value is -4.03. The van der Waals surface area contributed by atoms with E-state index in [2.05, 4.69) is 10.4 Å². The van der Waals surface area contributed by atoms with Gasteiger partial charge < -0.3 is 14.5 Å². The Morgan fingerprint density at radius 2 is 1.85 bits per heavy atom. The molecule has 5 aromatic rings. The van der Waals surface area contributed by atoms with Crippen molar-refractivity contribution in [2.75, 3.05) is 5.32 Å². The van der Waals surface area contributed by atoms with Gasteiger partial charge in [0.2, 0.25) is 0 Å². The number of carbonyl (C=O) groups is 1. The van der Waals surface area contributed by atoms with Crippen molar-refractivity contribution in [3.63, 3.8) is 0 Å². The van der Waals surface area contributed by atoms with E-state index >= 15 is 0 Å². The van der Waals surface area contributed by atoms with Crippen molar-refractivity contribution in [3.05, 3.63) is 113 Å². The number of anilines is 1. The van der Waals surface area contributed by atoms with Crippen LogP contribution < -0.4 is 10.1 Å². The van der Waals surface area contributed by atoms with Crippen molar-refractivity contribution in [2.45, 2.75) is 13.2 Å². The number of hydrogen-bond donors (Lipinski definition) is 1. The minimum absolute atomic E-state index is 0.191. The van der Waals surface area contributed by atoms with E-state index in [0.29, 0.717) is 23.1 Å². The first-order valence-corrected chi connectivity index (χ1v) is 10.8. The molecule has 3 aromatic carbocycles. The lowest BCUT2D eigenvalue weighted by Gasteiger charge is -2.07. The monoisotopic (exact) mass is 457 g/mol. The van der Waals surface area contributed by atoms with E-state index in [4.69, 9.17) is 20.8 Å². The fourth-order valence-corrected chi connectivity index (χ4v) is 3.78. The van der Waals surface area contributed by atoms with Crippen LogP contribution in [0.25, 0.3) is 10.8 Å². The Morgan fingerprint density at radius 1 is 1.00 bits per heavy atom. The fraction of sp³-hybridized carbons (Fsp3) is 0.0769. The summed E-state index contributed by atoms with van der Waals surface area (Å²) in [5.41, 5.74) is 1.02. The summed E-state index contributed by atoms with van der Waals surface area (Å²) in [6.45, 7) is 0.766. The average Bonchev–Trinajstić information content (AvgIpc) is 3.47. The van der Waals surface area contributed by atoms with Crippen LogP contribution in [0.2, 0.25) is 5.02 Å². The van der Waals surface area contributed by atoms with Gasteiger partial charge in [0.25, 0.3) is 5.91 Å². The normalized spacial score (nSPS) is 10.9. The Labute approximate surface area is 195 Å². The molecule has 0 radical (unpaired) electrons. The minimum atomic E-state index is -0.376. The molecule has 2 aromatic heterocycles. The van der Waals surface area contributed by atoms with Crippen LogP contribution in [-0.4, -0.2) is 15.7 Å². The van der Waals surface area contributed by atoms with Gasteiger partial charge in [0.1, 0.15) is 18.1 Å². The molecule has 0 aliphatic rings. The van der Waals surface area contributed by atoms with Crippen molar-refractivity contribution in [1.82, 2.24) is 9.78 Å². The molecular weight excluding hydrogens is 438 g/mol. The molecule has 5 rings (SSSR count). The molecule has 1 N–H and O–H groups in total. The Balaban J connectivity index is 1.20. The summed E-state index contributed by atoms with van der Waals surface area (Å²) in [7, 11) is 0. The Bertz CT molecular complexity index is 1420. The van der Waals surface area contributed by atoms with Crippen molar-refractivity contribution < 1.29 is 13.9 Å². The van der Waals surface area contributed by atoms with Crippen LogP contribution in [0, 0.1) is 0 Å². The Kier molecular flexibility index (Phi) is 5.83.